The van der Waals surface area contributed by atoms with Crippen LogP contribution < -0.4 is 11.3 Å². The molecule has 1 aromatic carbocycles. The minimum atomic E-state index is -0.637. The number of carbonyl (C=O) groups excluding carboxylic acids is 1. The average molecular weight is 293 g/mol. The fourth-order valence-electron chi connectivity index (χ4n) is 2.71. The minimum absolute atomic E-state index is 0.191. The number of carbonyl (C=O) groups is 1. The topological polar surface area (TPSA) is 78.0 Å². The predicted molar refractivity (Wildman–Crippen MR) is 85.7 cm³/mol. The highest BCUT2D eigenvalue weighted by Gasteiger charge is 2.20. The average Bonchev–Trinajstić information content (AvgIpc) is 2.50. The number of pyridine rings is 2. The first-order valence-electron chi connectivity index (χ1n) is 6.85. The number of nitrogens with zero attached hydrogens (tertiary/aromatic N) is 2. The van der Waals surface area contributed by atoms with Gasteiger partial charge >= 0.3 is 0 Å². The van der Waals surface area contributed by atoms with E-state index < -0.39 is 5.91 Å². The van der Waals surface area contributed by atoms with Crippen molar-refractivity contribution in [3.63, 3.8) is 0 Å². The molecule has 0 radical (unpaired) electrons. The van der Waals surface area contributed by atoms with E-state index in [1.54, 1.807) is 18.3 Å². The van der Waals surface area contributed by atoms with Crippen molar-refractivity contribution in [1.82, 2.24) is 9.55 Å². The lowest BCUT2D eigenvalue weighted by Gasteiger charge is -2.15. The molecule has 3 rings (SSSR count). The first kappa shape index (κ1) is 14.0. The van der Waals surface area contributed by atoms with Crippen molar-refractivity contribution in [2.45, 2.75) is 6.92 Å². The van der Waals surface area contributed by atoms with Gasteiger partial charge in [0.2, 0.25) is 0 Å². The maximum Gasteiger partial charge on any atom is 0.277 e. The van der Waals surface area contributed by atoms with Crippen LogP contribution in [0.3, 0.4) is 0 Å². The molecule has 0 saturated carbocycles. The van der Waals surface area contributed by atoms with Crippen molar-refractivity contribution in [2.75, 3.05) is 0 Å². The second-order valence-corrected chi connectivity index (χ2v) is 5.22. The standard InChI is InChI=1S/C17H15N3O2/c1-10-5-3-6-11(9-10)13-12-7-4-8-19-14(12)17(22)20(2)15(13)16(18)21/h3-9H,1-2H3,(H2,18,21). The van der Waals surface area contributed by atoms with E-state index in [-0.39, 0.29) is 11.3 Å². The van der Waals surface area contributed by atoms with Gasteiger partial charge in [0.1, 0.15) is 11.2 Å². The zero-order valence-corrected chi connectivity index (χ0v) is 12.3. The number of aryl methyl sites for hydroxylation is 1. The van der Waals surface area contributed by atoms with Crippen LogP contribution >= 0.6 is 0 Å². The number of benzene rings is 1. The van der Waals surface area contributed by atoms with Gasteiger partial charge in [0.25, 0.3) is 11.5 Å². The van der Waals surface area contributed by atoms with Gasteiger partial charge in [-0.05, 0) is 18.6 Å². The molecule has 0 fully saturated rings. The normalized spacial score (nSPS) is 10.8. The number of amides is 1. The number of aromatic nitrogens is 2. The molecule has 0 atom stereocenters. The van der Waals surface area contributed by atoms with Gasteiger partial charge in [0, 0.05) is 24.2 Å². The van der Waals surface area contributed by atoms with E-state index in [0.29, 0.717) is 16.5 Å². The molecule has 3 aromatic rings. The van der Waals surface area contributed by atoms with Crippen LogP contribution in [0.2, 0.25) is 0 Å². The van der Waals surface area contributed by atoms with E-state index in [2.05, 4.69) is 4.98 Å². The first-order chi connectivity index (χ1) is 10.5. The Morgan fingerprint density at radius 2 is 2.00 bits per heavy atom. The Hall–Kier alpha value is -2.95. The number of fused-ring (bicyclic) bond motifs is 1. The maximum atomic E-state index is 12.4. The highest BCUT2D eigenvalue weighted by atomic mass is 16.2. The molecule has 0 spiro atoms. The quantitative estimate of drug-likeness (QED) is 0.785. The Morgan fingerprint density at radius 1 is 1.23 bits per heavy atom. The van der Waals surface area contributed by atoms with Crippen LogP contribution in [0.5, 0.6) is 0 Å². The van der Waals surface area contributed by atoms with E-state index in [9.17, 15) is 9.59 Å². The molecule has 0 aliphatic heterocycles. The first-order valence-corrected chi connectivity index (χ1v) is 6.85. The summed E-state index contributed by atoms with van der Waals surface area (Å²) in [6.45, 7) is 1.97. The molecule has 2 aromatic heterocycles. The number of hydrogen-bond acceptors (Lipinski definition) is 3. The third-order valence-corrected chi connectivity index (χ3v) is 3.70. The van der Waals surface area contributed by atoms with E-state index in [0.717, 1.165) is 11.1 Å². The third kappa shape index (κ3) is 2.07. The molecule has 0 aliphatic carbocycles. The smallest absolute Gasteiger partial charge is 0.277 e. The van der Waals surface area contributed by atoms with Crippen molar-refractivity contribution in [2.24, 2.45) is 12.8 Å². The summed E-state index contributed by atoms with van der Waals surface area (Å²) in [7, 11) is 1.54. The molecular weight excluding hydrogens is 278 g/mol. The lowest BCUT2D eigenvalue weighted by Crippen LogP contribution is -2.28. The molecule has 0 saturated heterocycles. The highest BCUT2D eigenvalue weighted by molar-refractivity contribution is 6.07. The second kappa shape index (κ2) is 5.11. The molecule has 110 valence electrons. The van der Waals surface area contributed by atoms with Crippen molar-refractivity contribution in [3.05, 3.63) is 64.2 Å². The van der Waals surface area contributed by atoms with Gasteiger partial charge in [0.15, 0.2) is 0 Å². The highest BCUT2D eigenvalue weighted by Crippen LogP contribution is 2.30. The summed E-state index contributed by atoms with van der Waals surface area (Å²) >= 11 is 0. The summed E-state index contributed by atoms with van der Waals surface area (Å²) in [6.07, 6.45) is 1.56. The lowest BCUT2D eigenvalue weighted by atomic mass is 9.97. The Bertz CT molecular complexity index is 958. The third-order valence-electron chi connectivity index (χ3n) is 3.70. The molecule has 22 heavy (non-hydrogen) atoms. The van der Waals surface area contributed by atoms with Crippen molar-refractivity contribution in [1.29, 1.82) is 0 Å². The number of primary amides is 1. The van der Waals surface area contributed by atoms with E-state index in [1.807, 2.05) is 31.2 Å². The van der Waals surface area contributed by atoms with Gasteiger partial charge in [-0.2, -0.15) is 0 Å². The summed E-state index contributed by atoms with van der Waals surface area (Å²) in [5, 5.41) is 0.630. The van der Waals surface area contributed by atoms with Crippen LogP contribution in [0.1, 0.15) is 16.1 Å². The van der Waals surface area contributed by atoms with E-state index in [1.165, 1.54) is 11.6 Å². The molecule has 2 heterocycles. The molecule has 5 nitrogen and oxygen atoms in total. The molecular formula is C17H15N3O2. The second-order valence-electron chi connectivity index (χ2n) is 5.22. The number of hydrogen-bond donors (Lipinski definition) is 1. The maximum absolute atomic E-state index is 12.4. The monoisotopic (exact) mass is 293 g/mol. The van der Waals surface area contributed by atoms with Crippen LogP contribution in [-0.4, -0.2) is 15.5 Å². The van der Waals surface area contributed by atoms with Gasteiger partial charge in [-0.1, -0.05) is 35.9 Å². The zero-order valence-electron chi connectivity index (χ0n) is 12.3. The Balaban J connectivity index is 2.56. The predicted octanol–water partition coefficient (Wildman–Crippen LogP) is 2.01. The summed E-state index contributed by atoms with van der Waals surface area (Å²) in [5.41, 5.74) is 8.25. The SMILES string of the molecule is Cc1cccc(-c2c(C(N)=O)n(C)c(=O)c3ncccc23)c1. The van der Waals surface area contributed by atoms with Crippen molar-refractivity contribution >= 4 is 16.8 Å². The molecule has 0 aliphatic rings. The molecule has 5 heteroatoms. The van der Waals surface area contributed by atoms with Gasteiger partial charge in [0.05, 0.1) is 0 Å². The fraction of sp³-hybridized carbons (Fsp3) is 0.118. The van der Waals surface area contributed by atoms with Crippen LogP contribution in [0.25, 0.3) is 22.0 Å². The van der Waals surface area contributed by atoms with Crippen LogP contribution in [-0.2, 0) is 7.05 Å². The Labute approximate surface area is 127 Å². The Kier molecular flexibility index (Phi) is 3.25. The molecule has 1 amide bonds. The lowest BCUT2D eigenvalue weighted by molar-refractivity contribution is 0.0992. The van der Waals surface area contributed by atoms with Gasteiger partial charge < -0.3 is 10.3 Å². The summed E-state index contributed by atoms with van der Waals surface area (Å²) in [5.74, 6) is -0.637. The summed E-state index contributed by atoms with van der Waals surface area (Å²) in [4.78, 5) is 28.5. The minimum Gasteiger partial charge on any atom is -0.364 e. The molecule has 0 unspecified atom stereocenters. The van der Waals surface area contributed by atoms with E-state index >= 15 is 0 Å². The summed E-state index contributed by atoms with van der Waals surface area (Å²) < 4.78 is 1.27. The van der Waals surface area contributed by atoms with Crippen LogP contribution in [0, 0.1) is 6.92 Å². The van der Waals surface area contributed by atoms with Crippen molar-refractivity contribution in [3.8, 4) is 11.1 Å². The van der Waals surface area contributed by atoms with E-state index in [4.69, 9.17) is 5.73 Å². The van der Waals surface area contributed by atoms with Gasteiger partial charge in [-0.25, -0.2) is 0 Å². The van der Waals surface area contributed by atoms with Gasteiger partial charge in [-0.15, -0.1) is 0 Å². The number of nitrogens with two attached hydrogens (primary N) is 1. The zero-order chi connectivity index (χ0) is 15.9. The van der Waals surface area contributed by atoms with Gasteiger partial charge in [-0.3, -0.25) is 14.6 Å². The van der Waals surface area contributed by atoms with Crippen LogP contribution in [0.4, 0.5) is 0 Å². The molecule has 2 N–H and O–H groups in total. The molecule has 0 bridgehead atoms. The number of rotatable bonds is 2. The largest absolute Gasteiger partial charge is 0.364 e. The Morgan fingerprint density at radius 3 is 2.68 bits per heavy atom. The summed E-state index contributed by atoms with van der Waals surface area (Å²) in [6, 6.07) is 11.3. The van der Waals surface area contributed by atoms with Crippen LogP contribution in [0.15, 0.2) is 47.4 Å². The fourth-order valence-corrected chi connectivity index (χ4v) is 2.71. The van der Waals surface area contributed by atoms with Crippen molar-refractivity contribution < 1.29 is 4.79 Å².